The van der Waals surface area contributed by atoms with Gasteiger partial charge in [0.05, 0.1) is 16.3 Å². The molecule has 0 spiro atoms. The van der Waals surface area contributed by atoms with Crippen LogP contribution in [0.4, 0.5) is 0 Å². The van der Waals surface area contributed by atoms with Crippen LogP contribution in [0.5, 0.6) is 0 Å². The first-order valence-electron chi connectivity index (χ1n) is 6.77. The van der Waals surface area contributed by atoms with Crippen molar-refractivity contribution in [2.45, 2.75) is 23.1 Å². The van der Waals surface area contributed by atoms with E-state index in [1.807, 2.05) is 23.9 Å². The number of hydrogen-bond acceptors (Lipinski definition) is 3. The predicted octanol–water partition coefficient (Wildman–Crippen LogP) is 3.41. The number of fused-ring (bicyclic) bond motifs is 2. The van der Waals surface area contributed by atoms with Crippen molar-refractivity contribution in [3.63, 3.8) is 0 Å². The molecule has 0 saturated carbocycles. The zero-order valence-corrected chi connectivity index (χ0v) is 11.8. The molecule has 4 heteroatoms. The van der Waals surface area contributed by atoms with Crippen LogP contribution < -0.4 is 5.73 Å². The summed E-state index contributed by atoms with van der Waals surface area (Å²) in [4.78, 5) is 9.62. The van der Waals surface area contributed by atoms with Crippen molar-refractivity contribution in [1.29, 1.82) is 0 Å². The smallest absolute Gasteiger partial charge is 0.121 e. The number of imidazole rings is 1. The second-order valence-corrected chi connectivity index (χ2v) is 6.30. The van der Waals surface area contributed by atoms with Crippen molar-refractivity contribution >= 4 is 22.8 Å². The van der Waals surface area contributed by atoms with Gasteiger partial charge in [0.25, 0.3) is 0 Å². The number of aromatic nitrogens is 2. The van der Waals surface area contributed by atoms with E-state index in [2.05, 4.69) is 35.3 Å². The van der Waals surface area contributed by atoms with Crippen LogP contribution in [0.1, 0.15) is 22.2 Å². The van der Waals surface area contributed by atoms with Crippen LogP contribution in [0.2, 0.25) is 0 Å². The molecular formula is C16H15N3S. The van der Waals surface area contributed by atoms with Crippen molar-refractivity contribution in [1.82, 2.24) is 9.97 Å². The van der Waals surface area contributed by atoms with Gasteiger partial charge in [-0.1, -0.05) is 30.3 Å². The van der Waals surface area contributed by atoms with Crippen LogP contribution in [0.15, 0.2) is 47.4 Å². The second kappa shape index (κ2) is 4.65. The summed E-state index contributed by atoms with van der Waals surface area (Å²) in [6.07, 6.45) is 1.04. The fourth-order valence-electron chi connectivity index (χ4n) is 2.76. The lowest BCUT2D eigenvalue weighted by molar-refractivity contribution is 0.880. The highest BCUT2D eigenvalue weighted by Gasteiger charge is 2.26. The third-order valence-corrected chi connectivity index (χ3v) is 5.11. The first-order chi connectivity index (χ1) is 9.85. The third-order valence-electron chi connectivity index (χ3n) is 3.79. The Kier molecular flexibility index (Phi) is 2.79. The quantitative estimate of drug-likeness (QED) is 0.757. The molecule has 0 amide bonds. The Bertz CT molecular complexity index is 753. The number of nitrogens with zero attached hydrogens (tertiary/aromatic N) is 1. The van der Waals surface area contributed by atoms with Gasteiger partial charge in [0.1, 0.15) is 5.82 Å². The van der Waals surface area contributed by atoms with Gasteiger partial charge in [-0.2, -0.15) is 0 Å². The predicted molar refractivity (Wildman–Crippen MR) is 82.7 cm³/mol. The highest BCUT2D eigenvalue weighted by molar-refractivity contribution is 7.99. The summed E-state index contributed by atoms with van der Waals surface area (Å²) >= 11 is 1.89. The van der Waals surface area contributed by atoms with Gasteiger partial charge >= 0.3 is 0 Å². The number of benzene rings is 2. The van der Waals surface area contributed by atoms with Crippen molar-refractivity contribution in [3.8, 4) is 0 Å². The van der Waals surface area contributed by atoms with Crippen molar-refractivity contribution in [3.05, 3.63) is 59.4 Å². The normalized spacial score (nSPS) is 17.6. The molecule has 4 rings (SSSR count). The van der Waals surface area contributed by atoms with Gasteiger partial charge in [-0.25, -0.2) is 4.98 Å². The summed E-state index contributed by atoms with van der Waals surface area (Å²) < 4.78 is 0. The molecule has 3 aromatic rings. The average molecular weight is 281 g/mol. The van der Waals surface area contributed by atoms with E-state index in [-0.39, 0.29) is 0 Å². The Hall–Kier alpha value is -1.78. The molecule has 1 unspecified atom stereocenters. The zero-order chi connectivity index (χ0) is 13.5. The van der Waals surface area contributed by atoms with E-state index >= 15 is 0 Å². The maximum Gasteiger partial charge on any atom is 0.121 e. The standard InChI is InChI=1S/C16H15N3S/c17-9-11-5-3-6-12-15(11)19-16(18-12)14-8-10-4-1-2-7-13(10)20-14/h1-7,14H,8-9,17H2,(H,18,19). The van der Waals surface area contributed by atoms with E-state index in [1.54, 1.807) is 0 Å². The number of rotatable bonds is 2. The van der Waals surface area contributed by atoms with Gasteiger partial charge in [0.2, 0.25) is 0 Å². The van der Waals surface area contributed by atoms with E-state index in [0.717, 1.165) is 28.8 Å². The minimum atomic E-state index is 0.380. The summed E-state index contributed by atoms with van der Waals surface area (Å²) in [6.45, 7) is 0.527. The number of nitrogens with two attached hydrogens (primary N) is 1. The Morgan fingerprint density at radius 3 is 2.95 bits per heavy atom. The molecule has 100 valence electrons. The molecular weight excluding hydrogens is 266 g/mol. The van der Waals surface area contributed by atoms with Gasteiger partial charge in [-0.05, 0) is 29.7 Å². The summed E-state index contributed by atoms with van der Waals surface area (Å²) in [5.74, 6) is 1.06. The molecule has 3 N–H and O–H groups in total. The Balaban J connectivity index is 1.74. The van der Waals surface area contributed by atoms with Crippen LogP contribution in [-0.4, -0.2) is 9.97 Å². The van der Waals surface area contributed by atoms with Crippen LogP contribution in [-0.2, 0) is 13.0 Å². The topological polar surface area (TPSA) is 54.7 Å². The van der Waals surface area contributed by atoms with Crippen LogP contribution in [0.3, 0.4) is 0 Å². The molecule has 1 atom stereocenters. The van der Waals surface area contributed by atoms with Gasteiger partial charge in [0, 0.05) is 11.4 Å². The third kappa shape index (κ3) is 1.84. The number of nitrogens with one attached hydrogen (secondary N) is 1. The summed E-state index contributed by atoms with van der Waals surface area (Å²) in [7, 11) is 0. The van der Waals surface area contributed by atoms with E-state index in [9.17, 15) is 0 Å². The maximum absolute atomic E-state index is 5.79. The zero-order valence-electron chi connectivity index (χ0n) is 11.0. The number of thioether (sulfide) groups is 1. The largest absolute Gasteiger partial charge is 0.341 e. The molecule has 0 radical (unpaired) electrons. The molecule has 0 saturated heterocycles. The minimum absolute atomic E-state index is 0.380. The van der Waals surface area contributed by atoms with Crippen LogP contribution in [0.25, 0.3) is 11.0 Å². The maximum atomic E-state index is 5.79. The molecule has 0 aliphatic carbocycles. The van der Waals surface area contributed by atoms with Crippen molar-refractivity contribution < 1.29 is 0 Å². The lowest BCUT2D eigenvalue weighted by atomic mass is 10.1. The van der Waals surface area contributed by atoms with E-state index < -0.39 is 0 Å². The van der Waals surface area contributed by atoms with Gasteiger partial charge in [0.15, 0.2) is 0 Å². The van der Waals surface area contributed by atoms with Crippen LogP contribution in [0, 0.1) is 0 Å². The molecule has 2 aromatic carbocycles. The summed E-state index contributed by atoms with van der Waals surface area (Å²) in [6, 6.07) is 14.7. The first kappa shape index (κ1) is 12.0. The highest BCUT2D eigenvalue weighted by Crippen LogP contribution is 2.45. The van der Waals surface area contributed by atoms with E-state index in [4.69, 9.17) is 10.7 Å². The Morgan fingerprint density at radius 2 is 2.10 bits per heavy atom. The average Bonchev–Trinajstić information content (AvgIpc) is 3.09. The molecule has 1 aliphatic rings. The second-order valence-electron chi connectivity index (χ2n) is 5.06. The number of hydrogen-bond donors (Lipinski definition) is 2. The van der Waals surface area contributed by atoms with Crippen molar-refractivity contribution in [2.75, 3.05) is 0 Å². The van der Waals surface area contributed by atoms with E-state index in [1.165, 1.54) is 10.5 Å². The molecule has 20 heavy (non-hydrogen) atoms. The lowest BCUT2D eigenvalue weighted by Gasteiger charge is -2.02. The van der Waals surface area contributed by atoms with E-state index in [0.29, 0.717) is 11.8 Å². The fraction of sp³-hybridized carbons (Fsp3) is 0.188. The molecule has 0 bridgehead atoms. The lowest BCUT2D eigenvalue weighted by Crippen LogP contribution is -1.97. The minimum Gasteiger partial charge on any atom is -0.341 e. The summed E-state index contributed by atoms with van der Waals surface area (Å²) in [5, 5.41) is 0.380. The highest BCUT2D eigenvalue weighted by atomic mass is 32.2. The molecule has 1 aliphatic heterocycles. The first-order valence-corrected chi connectivity index (χ1v) is 7.65. The molecule has 3 nitrogen and oxygen atoms in total. The molecule has 0 fully saturated rings. The Labute approximate surface area is 121 Å². The number of aromatic amines is 1. The van der Waals surface area contributed by atoms with Gasteiger partial charge < -0.3 is 10.7 Å². The van der Waals surface area contributed by atoms with Gasteiger partial charge in [-0.15, -0.1) is 11.8 Å². The Morgan fingerprint density at radius 1 is 1.20 bits per heavy atom. The molecule has 1 aromatic heterocycles. The van der Waals surface area contributed by atoms with Crippen molar-refractivity contribution in [2.24, 2.45) is 5.73 Å². The van der Waals surface area contributed by atoms with Gasteiger partial charge in [-0.3, -0.25) is 0 Å². The fourth-order valence-corrected chi connectivity index (χ4v) is 4.01. The number of para-hydroxylation sites is 1. The number of H-pyrrole nitrogens is 1. The monoisotopic (exact) mass is 281 g/mol. The summed E-state index contributed by atoms with van der Waals surface area (Å²) in [5.41, 5.74) is 10.4. The molecule has 2 heterocycles. The van der Waals surface area contributed by atoms with Crippen LogP contribution >= 0.6 is 11.8 Å². The SMILES string of the molecule is NCc1cccc2[nH]c(C3Cc4ccccc4S3)nc12.